The van der Waals surface area contributed by atoms with Gasteiger partial charge in [0.25, 0.3) is 0 Å². The number of hydrogen-bond acceptors (Lipinski definition) is 10. The normalized spacial score (nSPS) is 14.5. The number of carbonyl (C=O) groups is 2. The molecule has 0 saturated heterocycles. The summed E-state index contributed by atoms with van der Waals surface area (Å²) in [7, 11) is 1.61. The number of nitrogens with zero attached hydrogens (tertiary/aromatic N) is 4. The molecule has 1 unspecified atom stereocenters. The van der Waals surface area contributed by atoms with Crippen LogP contribution < -0.4 is 38.9 Å². The number of halogens is 1. The summed E-state index contributed by atoms with van der Waals surface area (Å²) in [5.41, 5.74) is 11.3. The summed E-state index contributed by atoms with van der Waals surface area (Å²) in [4.78, 5) is 32.0. The maximum Gasteiger partial charge on any atom is 0.488 e. The molecule has 0 spiro atoms. The molecular formula is C66H79B2ClN5O7P. The SMILES string of the molecule is C.C=C(C)C(=O)CCCCN(Cc1ccccc1B(O)O)Cc1c2ccccc2c(CN(CCCNC(=O)C(=C)C)Cc2ccccc2B(O)O)c2ccc(/C=C/C3=C4C=CC(=[N+](C)C)C=C4P(C)(=O)c4cc(N(C)C)ccc43)cc12.[Cl-]. The second kappa shape index (κ2) is 28.5. The first kappa shape index (κ1) is 64.5. The van der Waals surface area contributed by atoms with Gasteiger partial charge in [-0.05, 0) is 153 Å². The van der Waals surface area contributed by atoms with E-state index in [4.69, 9.17) is 0 Å². The number of unbranched alkanes of at least 4 members (excludes halogenated alkanes) is 1. The Bertz CT molecular complexity index is 3600. The van der Waals surface area contributed by atoms with Gasteiger partial charge >= 0.3 is 14.2 Å². The summed E-state index contributed by atoms with van der Waals surface area (Å²) < 4.78 is 17.2. The van der Waals surface area contributed by atoms with Crippen LogP contribution in [-0.4, -0.2) is 121 Å². The van der Waals surface area contributed by atoms with Gasteiger partial charge < -0.3 is 47.3 Å². The Morgan fingerprint density at radius 2 is 1.24 bits per heavy atom. The first-order valence-electron chi connectivity index (χ1n) is 27.4. The predicted octanol–water partition coefficient (Wildman–Crippen LogP) is 5.73. The Labute approximate surface area is 492 Å². The van der Waals surface area contributed by atoms with Crippen molar-refractivity contribution in [3.05, 3.63) is 202 Å². The predicted molar refractivity (Wildman–Crippen MR) is 339 cm³/mol. The third-order valence-electron chi connectivity index (χ3n) is 15.4. The van der Waals surface area contributed by atoms with E-state index in [-0.39, 0.29) is 31.5 Å². The van der Waals surface area contributed by atoms with Crippen molar-refractivity contribution in [3.8, 4) is 0 Å². The largest absolute Gasteiger partial charge is 1.00 e. The zero-order valence-corrected chi connectivity index (χ0v) is 49.4. The van der Waals surface area contributed by atoms with E-state index in [2.05, 4.69) is 119 Å². The second-order valence-electron chi connectivity index (χ2n) is 21.8. The van der Waals surface area contributed by atoms with Crippen molar-refractivity contribution < 1.29 is 51.2 Å². The van der Waals surface area contributed by atoms with Crippen LogP contribution in [0.5, 0.6) is 0 Å². The number of amides is 1. The third-order valence-corrected chi connectivity index (χ3v) is 17.9. The first-order chi connectivity index (χ1) is 38.2. The average Bonchev–Trinajstić information content (AvgIpc) is 1.51. The summed E-state index contributed by atoms with van der Waals surface area (Å²) in [5, 5.41) is 50.9. The van der Waals surface area contributed by atoms with Crippen LogP contribution in [-0.2, 0) is 40.3 Å². The number of carbonyl (C=O) groups excluding carboxylic acids is 2. The molecule has 6 aromatic carbocycles. The van der Waals surface area contributed by atoms with Crippen LogP contribution in [0.2, 0.25) is 0 Å². The van der Waals surface area contributed by atoms with Crippen molar-refractivity contribution >= 4 is 93.9 Å². The van der Waals surface area contributed by atoms with Crippen LogP contribution in [0.1, 0.15) is 80.3 Å². The monoisotopic (exact) mass is 1140 g/mol. The van der Waals surface area contributed by atoms with Gasteiger partial charge in [0.2, 0.25) is 5.91 Å². The molecule has 0 radical (unpaired) electrons. The molecule has 16 heteroatoms. The maximum absolute atomic E-state index is 15.1. The first-order valence-corrected chi connectivity index (χ1v) is 29.6. The molecule has 0 aromatic heterocycles. The van der Waals surface area contributed by atoms with Gasteiger partial charge in [-0.3, -0.25) is 19.4 Å². The number of allylic oxidation sites excluding steroid dienone is 8. The number of fused-ring (bicyclic) bond motifs is 4. The molecular weight excluding hydrogens is 1060 g/mol. The fourth-order valence-electron chi connectivity index (χ4n) is 10.9. The van der Waals surface area contributed by atoms with Crippen molar-refractivity contribution in [2.75, 3.05) is 59.4 Å². The number of hydrogen-bond donors (Lipinski definition) is 5. The molecule has 6 aromatic rings. The zero-order valence-electron chi connectivity index (χ0n) is 47.8. The molecule has 0 bridgehead atoms. The molecule has 8 rings (SSSR count). The highest BCUT2D eigenvalue weighted by Gasteiger charge is 2.37. The van der Waals surface area contributed by atoms with Gasteiger partial charge in [-0.25, -0.2) is 4.58 Å². The highest BCUT2D eigenvalue weighted by Crippen LogP contribution is 2.59. The Balaban J connectivity index is 0.00000541. The lowest BCUT2D eigenvalue weighted by molar-refractivity contribution is -0.462. The third kappa shape index (κ3) is 14.9. The highest BCUT2D eigenvalue weighted by molar-refractivity contribution is 7.75. The minimum Gasteiger partial charge on any atom is -1.00 e. The molecule has 1 amide bonds. The number of anilines is 1. The summed E-state index contributed by atoms with van der Waals surface area (Å²) in [6.45, 7) is 16.4. The van der Waals surface area contributed by atoms with Gasteiger partial charge in [-0.1, -0.05) is 124 Å². The number of benzene rings is 6. The fraction of sp³-hybridized carbons (Fsp3) is 0.288. The summed E-state index contributed by atoms with van der Waals surface area (Å²) in [5.74, 6) is -0.162. The van der Waals surface area contributed by atoms with Gasteiger partial charge in [0, 0.05) is 93.8 Å². The van der Waals surface area contributed by atoms with E-state index in [0.717, 1.165) is 94.5 Å². The lowest BCUT2D eigenvalue weighted by atomic mass is 9.77. The highest BCUT2D eigenvalue weighted by atomic mass is 35.5. The van der Waals surface area contributed by atoms with Crippen molar-refractivity contribution in [1.29, 1.82) is 0 Å². The van der Waals surface area contributed by atoms with Crippen LogP contribution in [0.4, 0.5) is 5.69 Å². The van der Waals surface area contributed by atoms with E-state index in [9.17, 15) is 29.7 Å². The van der Waals surface area contributed by atoms with Crippen molar-refractivity contribution in [2.45, 2.75) is 73.1 Å². The van der Waals surface area contributed by atoms with Crippen LogP contribution in [0.15, 0.2) is 169 Å². The van der Waals surface area contributed by atoms with E-state index in [1.54, 1.807) is 38.1 Å². The standard InChI is InChI=1S/C65H74B2N5O7P.CH4.ClH/c1-44(2)62(73)25-16-17-35-71(40-47-19-10-14-23-60(47)66(75)76)43-59-52-22-13-12-21-51(52)58(42-72(36-18-34-68-65(74)45(3)4)41-48-20-11-15-24-61(48)67(77)78)54-31-27-46(37-57(54)59)26-30-53-55-32-28-49(69(5)6)38-63(55)80(9,79)64-39-50(70(7)8)29-33-56(53)64;;/h10-15,19-24,26-33,37-39,75-78H,1,3,16-18,25,34-36,40-43H2,2,4-9H3;1H4;1H/b30-26+;;. The van der Waals surface area contributed by atoms with Gasteiger partial charge in [0.15, 0.2) is 11.5 Å². The van der Waals surface area contributed by atoms with Gasteiger partial charge in [0.1, 0.15) is 21.2 Å². The second-order valence-corrected chi connectivity index (χ2v) is 24.6. The Morgan fingerprint density at radius 1 is 0.683 bits per heavy atom. The van der Waals surface area contributed by atoms with E-state index >= 15 is 4.57 Å². The number of ketones is 1. The summed E-state index contributed by atoms with van der Waals surface area (Å²) in [6, 6.07) is 36.0. The van der Waals surface area contributed by atoms with Crippen molar-refractivity contribution in [1.82, 2.24) is 15.1 Å². The molecule has 1 aliphatic heterocycles. The minimum absolute atomic E-state index is 0. The number of rotatable bonds is 24. The molecule has 82 heavy (non-hydrogen) atoms. The lowest BCUT2D eigenvalue weighted by Gasteiger charge is -2.31. The molecule has 2 aliphatic rings. The topological polar surface area (TPSA) is 157 Å². The molecule has 5 N–H and O–H groups in total. The van der Waals surface area contributed by atoms with Gasteiger partial charge in [-0.2, -0.15) is 0 Å². The molecule has 12 nitrogen and oxygen atoms in total. The van der Waals surface area contributed by atoms with Crippen molar-refractivity contribution in [3.63, 3.8) is 0 Å². The van der Waals surface area contributed by atoms with Crippen LogP contribution in [0.25, 0.3) is 33.2 Å². The van der Waals surface area contributed by atoms with Gasteiger partial charge in [-0.15, -0.1) is 0 Å². The van der Waals surface area contributed by atoms with Crippen LogP contribution in [0.3, 0.4) is 0 Å². The molecule has 428 valence electrons. The van der Waals surface area contributed by atoms with Crippen molar-refractivity contribution in [2.24, 2.45) is 0 Å². The summed E-state index contributed by atoms with van der Waals surface area (Å²) in [6.07, 6.45) is 12.9. The minimum atomic E-state index is -3.04. The van der Waals surface area contributed by atoms with E-state index in [0.29, 0.717) is 87.1 Å². The van der Waals surface area contributed by atoms with Crippen LogP contribution >= 0.6 is 7.14 Å². The smallest absolute Gasteiger partial charge is 0.488 e. The van der Waals surface area contributed by atoms with E-state index in [1.807, 2.05) is 68.6 Å². The van der Waals surface area contributed by atoms with E-state index in [1.165, 1.54) is 0 Å². The zero-order chi connectivity index (χ0) is 57.4. The van der Waals surface area contributed by atoms with Gasteiger partial charge in [0.05, 0.1) is 0 Å². The molecule has 0 saturated carbocycles. The molecule has 1 aliphatic carbocycles. The Hall–Kier alpha value is -6.70. The molecule has 1 heterocycles. The molecule has 1 atom stereocenters. The van der Waals surface area contributed by atoms with Crippen LogP contribution in [0, 0.1) is 0 Å². The Kier molecular flexibility index (Phi) is 22.4. The lowest BCUT2D eigenvalue weighted by Crippen LogP contribution is -3.00. The maximum atomic E-state index is 15.1. The average molecular weight is 1140 g/mol. The summed E-state index contributed by atoms with van der Waals surface area (Å²) >= 11 is 0. The quantitative estimate of drug-likeness (QED) is 0.0127. The Morgan fingerprint density at radius 3 is 1.80 bits per heavy atom. The number of Topliss-reactive ketones (excluding diaryl/α,β-unsaturated/α-hetero) is 1. The number of nitrogens with one attached hydrogen (secondary N) is 1. The fourth-order valence-corrected chi connectivity index (χ4v) is 13.2. The van der Waals surface area contributed by atoms with E-state index < -0.39 is 21.4 Å². The molecule has 0 fully saturated rings.